The lowest BCUT2D eigenvalue weighted by Crippen LogP contribution is -2.28. The molecule has 16 heavy (non-hydrogen) atoms. The predicted octanol–water partition coefficient (Wildman–Crippen LogP) is 0.803. The monoisotopic (exact) mass is 225 g/mol. The minimum Gasteiger partial charge on any atom is -0.462 e. The molecule has 0 aliphatic carbocycles. The zero-order valence-electron chi connectivity index (χ0n) is 10.3. The Morgan fingerprint density at radius 2 is 2.31 bits per heavy atom. The molecule has 0 spiro atoms. The van der Waals surface area contributed by atoms with Gasteiger partial charge in [-0.3, -0.25) is 14.4 Å². The molecule has 1 aromatic heterocycles. The number of carbonyl (C=O) groups is 1. The Labute approximate surface area is 96.0 Å². The SMILES string of the molecule is CC(C)OC(=O)CN(C)Cc1cnn(C)c1. The first kappa shape index (κ1) is 12.7. The van der Waals surface area contributed by atoms with Gasteiger partial charge < -0.3 is 4.74 Å². The van der Waals surface area contributed by atoms with Gasteiger partial charge in [0.15, 0.2) is 0 Å². The summed E-state index contributed by atoms with van der Waals surface area (Å²) in [5.74, 6) is -0.193. The van der Waals surface area contributed by atoms with E-state index in [4.69, 9.17) is 4.74 Å². The summed E-state index contributed by atoms with van der Waals surface area (Å²) in [6.45, 7) is 4.69. The van der Waals surface area contributed by atoms with E-state index in [0.29, 0.717) is 13.1 Å². The van der Waals surface area contributed by atoms with Crippen molar-refractivity contribution in [1.82, 2.24) is 14.7 Å². The van der Waals surface area contributed by atoms with E-state index in [1.165, 1.54) is 0 Å². The van der Waals surface area contributed by atoms with Crippen LogP contribution in [0.3, 0.4) is 0 Å². The highest BCUT2D eigenvalue weighted by Gasteiger charge is 2.10. The van der Waals surface area contributed by atoms with Gasteiger partial charge in [-0.1, -0.05) is 0 Å². The van der Waals surface area contributed by atoms with Crippen LogP contribution in [-0.2, 0) is 23.1 Å². The maximum Gasteiger partial charge on any atom is 0.320 e. The summed E-state index contributed by atoms with van der Waals surface area (Å²) in [4.78, 5) is 13.3. The molecule has 0 saturated heterocycles. The van der Waals surface area contributed by atoms with Crippen LogP contribution < -0.4 is 0 Å². The second-order valence-electron chi connectivity index (χ2n) is 4.23. The highest BCUT2D eigenvalue weighted by Crippen LogP contribution is 2.01. The van der Waals surface area contributed by atoms with Gasteiger partial charge in [-0.25, -0.2) is 0 Å². The van der Waals surface area contributed by atoms with Gasteiger partial charge in [0, 0.05) is 25.4 Å². The molecular weight excluding hydrogens is 206 g/mol. The molecule has 0 atom stereocenters. The zero-order valence-corrected chi connectivity index (χ0v) is 10.3. The minimum absolute atomic E-state index is 0.0562. The van der Waals surface area contributed by atoms with Crippen molar-refractivity contribution < 1.29 is 9.53 Å². The molecule has 1 heterocycles. The summed E-state index contributed by atoms with van der Waals surface area (Å²) in [6.07, 6.45) is 3.67. The Bertz CT molecular complexity index is 347. The lowest BCUT2D eigenvalue weighted by Gasteiger charge is -2.15. The summed E-state index contributed by atoms with van der Waals surface area (Å²) in [5, 5.41) is 4.07. The van der Waals surface area contributed by atoms with E-state index in [0.717, 1.165) is 5.56 Å². The highest BCUT2D eigenvalue weighted by atomic mass is 16.5. The van der Waals surface area contributed by atoms with E-state index in [1.54, 1.807) is 10.9 Å². The molecule has 0 bridgehead atoms. The Morgan fingerprint density at radius 1 is 1.62 bits per heavy atom. The molecule has 0 aliphatic rings. The van der Waals surface area contributed by atoms with Crippen LogP contribution in [-0.4, -0.2) is 40.3 Å². The number of nitrogens with zero attached hydrogens (tertiary/aromatic N) is 3. The molecule has 0 N–H and O–H groups in total. The van der Waals surface area contributed by atoms with E-state index in [1.807, 2.05) is 39.0 Å². The summed E-state index contributed by atoms with van der Waals surface area (Å²) in [5.41, 5.74) is 1.09. The molecule has 90 valence electrons. The van der Waals surface area contributed by atoms with Crippen LogP contribution in [0.15, 0.2) is 12.4 Å². The van der Waals surface area contributed by atoms with Crippen molar-refractivity contribution in [2.24, 2.45) is 7.05 Å². The smallest absolute Gasteiger partial charge is 0.320 e. The van der Waals surface area contributed by atoms with Crippen LogP contribution in [0.5, 0.6) is 0 Å². The first-order chi connectivity index (χ1) is 7.47. The fourth-order valence-electron chi connectivity index (χ4n) is 1.44. The molecule has 0 aliphatic heterocycles. The number of hydrogen-bond acceptors (Lipinski definition) is 4. The van der Waals surface area contributed by atoms with E-state index in [9.17, 15) is 4.79 Å². The van der Waals surface area contributed by atoms with Crippen molar-refractivity contribution >= 4 is 5.97 Å². The summed E-state index contributed by atoms with van der Waals surface area (Å²) in [7, 11) is 3.76. The van der Waals surface area contributed by atoms with E-state index >= 15 is 0 Å². The second-order valence-corrected chi connectivity index (χ2v) is 4.23. The summed E-state index contributed by atoms with van der Waals surface area (Å²) in [6, 6.07) is 0. The summed E-state index contributed by atoms with van der Waals surface area (Å²) >= 11 is 0. The lowest BCUT2D eigenvalue weighted by atomic mass is 10.3. The Balaban J connectivity index is 2.35. The predicted molar refractivity (Wildman–Crippen MR) is 60.8 cm³/mol. The third-order valence-electron chi connectivity index (χ3n) is 1.98. The number of rotatable bonds is 5. The number of carbonyl (C=O) groups excluding carboxylic acids is 1. The minimum atomic E-state index is -0.193. The van der Waals surface area contributed by atoms with Crippen LogP contribution in [0.1, 0.15) is 19.4 Å². The molecular formula is C11H19N3O2. The summed E-state index contributed by atoms with van der Waals surface area (Å²) < 4.78 is 6.81. The van der Waals surface area contributed by atoms with Crippen molar-refractivity contribution in [2.45, 2.75) is 26.5 Å². The van der Waals surface area contributed by atoms with Gasteiger partial charge in [-0.15, -0.1) is 0 Å². The maximum atomic E-state index is 11.4. The zero-order chi connectivity index (χ0) is 12.1. The first-order valence-corrected chi connectivity index (χ1v) is 5.33. The number of ether oxygens (including phenoxy) is 1. The standard InChI is InChI=1S/C11H19N3O2/c1-9(2)16-11(15)8-13(3)6-10-5-12-14(4)7-10/h5,7,9H,6,8H2,1-4H3. The molecule has 5 heteroatoms. The third kappa shape index (κ3) is 4.44. The molecule has 0 saturated carbocycles. The van der Waals surface area contributed by atoms with E-state index in [-0.39, 0.29) is 12.1 Å². The number of likely N-dealkylation sites (N-methyl/N-ethyl adjacent to an activating group) is 1. The van der Waals surface area contributed by atoms with Crippen LogP contribution in [0, 0.1) is 0 Å². The molecule has 0 unspecified atom stereocenters. The number of hydrogen-bond donors (Lipinski definition) is 0. The van der Waals surface area contributed by atoms with Crippen molar-refractivity contribution in [3.8, 4) is 0 Å². The van der Waals surface area contributed by atoms with Crippen LogP contribution in [0.25, 0.3) is 0 Å². The average molecular weight is 225 g/mol. The van der Waals surface area contributed by atoms with Gasteiger partial charge in [0.25, 0.3) is 0 Å². The Kier molecular flexibility index (Phi) is 4.49. The topological polar surface area (TPSA) is 47.4 Å². The van der Waals surface area contributed by atoms with Crippen LogP contribution in [0.2, 0.25) is 0 Å². The Hall–Kier alpha value is -1.36. The average Bonchev–Trinajstić information content (AvgIpc) is 2.48. The van der Waals surface area contributed by atoms with Crippen LogP contribution >= 0.6 is 0 Å². The van der Waals surface area contributed by atoms with Gasteiger partial charge in [0.1, 0.15) is 0 Å². The second kappa shape index (κ2) is 5.65. The number of esters is 1. The molecule has 0 radical (unpaired) electrons. The normalized spacial score (nSPS) is 11.1. The van der Waals surface area contributed by atoms with E-state index in [2.05, 4.69) is 5.10 Å². The molecule has 0 aromatic carbocycles. The maximum absolute atomic E-state index is 11.4. The van der Waals surface area contributed by atoms with Gasteiger partial charge >= 0.3 is 5.97 Å². The highest BCUT2D eigenvalue weighted by molar-refractivity contribution is 5.71. The fraction of sp³-hybridized carbons (Fsp3) is 0.636. The largest absolute Gasteiger partial charge is 0.462 e. The molecule has 5 nitrogen and oxygen atoms in total. The molecule has 0 fully saturated rings. The third-order valence-corrected chi connectivity index (χ3v) is 1.98. The van der Waals surface area contributed by atoms with Gasteiger partial charge in [0.05, 0.1) is 18.8 Å². The van der Waals surface area contributed by atoms with Gasteiger partial charge in [-0.05, 0) is 20.9 Å². The lowest BCUT2D eigenvalue weighted by molar-refractivity contribution is -0.148. The number of aryl methyl sites for hydroxylation is 1. The molecule has 1 aromatic rings. The van der Waals surface area contributed by atoms with Gasteiger partial charge in [-0.2, -0.15) is 5.10 Å². The number of aromatic nitrogens is 2. The first-order valence-electron chi connectivity index (χ1n) is 5.33. The van der Waals surface area contributed by atoms with Crippen LogP contribution in [0.4, 0.5) is 0 Å². The van der Waals surface area contributed by atoms with Crippen molar-refractivity contribution in [3.63, 3.8) is 0 Å². The fourth-order valence-corrected chi connectivity index (χ4v) is 1.44. The van der Waals surface area contributed by atoms with Gasteiger partial charge in [0.2, 0.25) is 0 Å². The van der Waals surface area contributed by atoms with Crippen molar-refractivity contribution in [3.05, 3.63) is 18.0 Å². The Morgan fingerprint density at radius 3 is 2.81 bits per heavy atom. The molecule has 1 rings (SSSR count). The quantitative estimate of drug-likeness (QED) is 0.696. The van der Waals surface area contributed by atoms with Crippen molar-refractivity contribution in [1.29, 1.82) is 0 Å². The van der Waals surface area contributed by atoms with Crippen molar-refractivity contribution in [2.75, 3.05) is 13.6 Å². The molecule has 0 amide bonds. The van der Waals surface area contributed by atoms with E-state index < -0.39 is 0 Å².